The Hall–Kier alpha value is -3.86. The van der Waals surface area contributed by atoms with Gasteiger partial charge in [-0.05, 0) is 42.2 Å². The maximum atomic E-state index is 13.0. The lowest BCUT2D eigenvalue weighted by atomic mass is 9.97. The normalized spacial score (nSPS) is 12.8. The number of esters is 2. The van der Waals surface area contributed by atoms with Crippen LogP contribution in [0.1, 0.15) is 46.3 Å². The van der Waals surface area contributed by atoms with Crippen molar-refractivity contribution in [3.8, 4) is 16.9 Å². The van der Waals surface area contributed by atoms with Crippen LogP contribution < -0.4 is 4.74 Å². The van der Waals surface area contributed by atoms with Crippen LogP contribution in [-0.4, -0.2) is 53.7 Å². The zero-order valence-electron chi connectivity index (χ0n) is 24.2. The minimum Gasteiger partial charge on any atom is -0.497 e. The van der Waals surface area contributed by atoms with E-state index in [9.17, 15) is 9.59 Å². The van der Waals surface area contributed by atoms with Gasteiger partial charge in [-0.1, -0.05) is 29.8 Å². The molecule has 1 aliphatic heterocycles. The molecule has 11 heteroatoms. The number of aromatic nitrogens is 3. The van der Waals surface area contributed by atoms with Gasteiger partial charge in [0.15, 0.2) is 0 Å². The van der Waals surface area contributed by atoms with Crippen molar-refractivity contribution in [3.63, 3.8) is 0 Å². The molecule has 4 aromatic rings. The molecular weight excluding hydrogens is 562 g/mol. The van der Waals surface area contributed by atoms with Gasteiger partial charge in [0, 0.05) is 30.5 Å². The van der Waals surface area contributed by atoms with Crippen molar-refractivity contribution in [2.24, 2.45) is 7.05 Å². The van der Waals surface area contributed by atoms with E-state index < -0.39 is 5.97 Å². The van der Waals surface area contributed by atoms with Crippen LogP contribution in [0, 0.1) is 0 Å². The predicted octanol–water partition coefficient (Wildman–Crippen LogP) is 5.23. The van der Waals surface area contributed by atoms with Crippen LogP contribution in [0.25, 0.3) is 22.0 Å². The van der Waals surface area contributed by atoms with E-state index in [1.54, 1.807) is 7.11 Å². The van der Waals surface area contributed by atoms with Crippen molar-refractivity contribution in [2.75, 3.05) is 27.4 Å². The topological polar surface area (TPSA) is 103 Å². The molecule has 2 aromatic carbocycles. The lowest BCUT2D eigenvalue weighted by Crippen LogP contribution is -2.17. The average Bonchev–Trinajstić information content (AvgIpc) is 3.49. The molecule has 0 amide bonds. The molecule has 0 fully saturated rings. The third-order valence-corrected chi connectivity index (χ3v) is 7.71. The number of carbonyl (C=O) groups is 2. The Morgan fingerprint density at radius 2 is 1.86 bits per heavy atom. The number of hydrogen-bond donors (Lipinski definition) is 0. The Kier molecular flexibility index (Phi) is 9.15. The number of halogens is 1. The third kappa shape index (κ3) is 5.88. The number of hydrogen-bond acceptors (Lipinski definition) is 8. The number of ether oxygens (including phenoxy) is 5. The van der Waals surface area contributed by atoms with Crippen LogP contribution in [0.2, 0.25) is 5.02 Å². The largest absolute Gasteiger partial charge is 0.497 e. The van der Waals surface area contributed by atoms with E-state index >= 15 is 0 Å². The van der Waals surface area contributed by atoms with Crippen LogP contribution in [0.15, 0.2) is 36.4 Å². The highest BCUT2D eigenvalue weighted by Gasteiger charge is 2.29. The molecule has 5 rings (SSSR count). The Morgan fingerprint density at radius 1 is 1.07 bits per heavy atom. The molecule has 3 heterocycles. The van der Waals surface area contributed by atoms with E-state index in [2.05, 4.69) is 0 Å². The summed E-state index contributed by atoms with van der Waals surface area (Å²) in [6, 6.07) is 11.5. The molecule has 1 aliphatic rings. The summed E-state index contributed by atoms with van der Waals surface area (Å²) in [6.45, 7) is 3.80. The van der Waals surface area contributed by atoms with E-state index in [1.165, 1.54) is 14.0 Å². The van der Waals surface area contributed by atoms with Gasteiger partial charge in [-0.15, -0.1) is 0 Å². The van der Waals surface area contributed by atoms with Gasteiger partial charge < -0.3 is 28.3 Å². The van der Waals surface area contributed by atoms with Crippen molar-refractivity contribution in [1.29, 1.82) is 0 Å². The van der Waals surface area contributed by atoms with E-state index in [0.29, 0.717) is 49.9 Å². The molecule has 0 unspecified atom stereocenters. The lowest BCUT2D eigenvalue weighted by molar-refractivity contribution is -0.141. The molecule has 0 atom stereocenters. The Balaban J connectivity index is 1.58. The Morgan fingerprint density at radius 3 is 2.57 bits per heavy atom. The molecule has 0 aliphatic carbocycles. The van der Waals surface area contributed by atoms with Crippen molar-refractivity contribution < 1.29 is 33.3 Å². The molecule has 0 saturated heterocycles. The van der Waals surface area contributed by atoms with Gasteiger partial charge in [-0.2, -0.15) is 5.10 Å². The van der Waals surface area contributed by atoms with Gasteiger partial charge in [-0.25, -0.2) is 4.79 Å². The summed E-state index contributed by atoms with van der Waals surface area (Å²) in [5, 5.41) is 6.28. The summed E-state index contributed by atoms with van der Waals surface area (Å²) in [6.07, 6.45) is 1.05. The minimum absolute atomic E-state index is 0.247. The molecule has 0 spiro atoms. The maximum absolute atomic E-state index is 13.0. The smallest absolute Gasteiger partial charge is 0.354 e. The van der Waals surface area contributed by atoms with Gasteiger partial charge in [0.25, 0.3) is 0 Å². The average molecular weight is 596 g/mol. The minimum atomic E-state index is -0.457. The molecule has 2 aromatic heterocycles. The van der Waals surface area contributed by atoms with Gasteiger partial charge in [0.05, 0.1) is 75.7 Å². The highest BCUT2D eigenvalue weighted by molar-refractivity contribution is 6.35. The van der Waals surface area contributed by atoms with Gasteiger partial charge in [-0.3, -0.25) is 9.48 Å². The molecular formula is C31H34ClN3O7. The number of nitrogens with zero attached hydrogens (tertiary/aromatic N) is 3. The molecule has 0 saturated carbocycles. The zero-order valence-corrected chi connectivity index (χ0v) is 25.0. The fourth-order valence-corrected chi connectivity index (χ4v) is 5.74. The third-order valence-electron chi connectivity index (χ3n) is 7.40. The van der Waals surface area contributed by atoms with Crippen molar-refractivity contribution in [3.05, 3.63) is 69.6 Å². The highest BCUT2D eigenvalue weighted by atomic mass is 35.5. The molecule has 10 nitrogen and oxygen atoms in total. The standard InChI is InChI=1S/C31H34ClN3O7/c1-19(36)42-14-5-6-22-23-11-12-24(32)27(29(23)34(2)30(22)31(37)39-4)28-25(33-35-13-15-40-18-26(28)35)17-41-16-20-7-9-21(38-3)10-8-20/h7-12H,5-6,13-18H2,1-4H3. The Labute approximate surface area is 249 Å². The van der Waals surface area contributed by atoms with Crippen LogP contribution in [-0.2, 0) is 63.6 Å². The van der Waals surface area contributed by atoms with Crippen LogP contribution in [0.5, 0.6) is 5.75 Å². The second kappa shape index (κ2) is 13.0. The molecule has 42 heavy (non-hydrogen) atoms. The number of fused-ring (bicyclic) bond motifs is 2. The van der Waals surface area contributed by atoms with Crippen molar-refractivity contribution in [2.45, 2.75) is 46.1 Å². The van der Waals surface area contributed by atoms with Gasteiger partial charge >= 0.3 is 11.9 Å². The lowest BCUT2D eigenvalue weighted by Gasteiger charge is -2.17. The van der Waals surface area contributed by atoms with E-state index in [1.807, 2.05) is 52.7 Å². The second-order valence-corrected chi connectivity index (χ2v) is 10.4. The first-order valence-electron chi connectivity index (χ1n) is 13.7. The van der Waals surface area contributed by atoms with Gasteiger partial charge in [0.1, 0.15) is 11.4 Å². The SMILES string of the molecule is COC(=O)c1c(CCCOC(C)=O)c2ccc(Cl)c(-c3c(COCc4ccc(OC)cc4)nn4c3COCC4)c2n1C. The molecule has 222 valence electrons. The highest BCUT2D eigenvalue weighted by Crippen LogP contribution is 2.43. The molecule has 0 radical (unpaired) electrons. The monoisotopic (exact) mass is 595 g/mol. The summed E-state index contributed by atoms with van der Waals surface area (Å²) in [7, 11) is 4.83. The zero-order chi connectivity index (χ0) is 29.8. The first-order valence-corrected chi connectivity index (χ1v) is 14.1. The fraction of sp³-hybridized carbons (Fsp3) is 0.387. The van der Waals surface area contributed by atoms with Crippen molar-refractivity contribution >= 4 is 34.4 Å². The summed E-state index contributed by atoms with van der Waals surface area (Å²) < 4.78 is 31.3. The quantitative estimate of drug-likeness (QED) is 0.171. The van der Waals surface area contributed by atoms with E-state index in [0.717, 1.165) is 50.3 Å². The number of benzene rings is 2. The first kappa shape index (κ1) is 29.6. The molecule has 0 bridgehead atoms. The fourth-order valence-electron chi connectivity index (χ4n) is 5.49. The number of rotatable bonds is 11. The van der Waals surface area contributed by atoms with E-state index in [-0.39, 0.29) is 19.2 Å². The number of methoxy groups -OCH3 is 2. The Bertz CT molecular complexity index is 1610. The summed E-state index contributed by atoms with van der Waals surface area (Å²) >= 11 is 6.96. The number of carbonyl (C=O) groups excluding carboxylic acids is 2. The summed E-state index contributed by atoms with van der Waals surface area (Å²) in [5.74, 6) is -0.0167. The van der Waals surface area contributed by atoms with Crippen LogP contribution in [0.3, 0.4) is 0 Å². The summed E-state index contributed by atoms with van der Waals surface area (Å²) in [5.41, 5.74) is 6.24. The summed E-state index contributed by atoms with van der Waals surface area (Å²) in [4.78, 5) is 24.3. The van der Waals surface area contributed by atoms with E-state index in [4.69, 9.17) is 40.4 Å². The second-order valence-electron chi connectivity index (χ2n) is 10.0. The number of aryl methyl sites for hydroxylation is 2. The van der Waals surface area contributed by atoms with Gasteiger partial charge in [0.2, 0.25) is 0 Å². The molecule has 0 N–H and O–H groups in total. The van der Waals surface area contributed by atoms with Crippen LogP contribution >= 0.6 is 11.6 Å². The first-order chi connectivity index (χ1) is 20.3. The van der Waals surface area contributed by atoms with Crippen LogP contribution in [0.4, 0.5) is 0 Å². The maximum Gasteiger partial charge on any atom is 0.354 e. The predicted molar refractivity (Wildman–Crippen MR) is 157 cm³/mol. The van der Waals surface area contributed by atoms with Crippen molar-refractivity contribution in [1.82, 2.24) is 14.3 Å².